The molecule has 2 fully saturated rings. The van der Waals surface area contributed by atoms with Crippen molar-refractivity contribution in [2.45, 2.75) is 37.1 Å². The molecule has 0 saturated carbocycles. The molecular weight excluding hydrogens is 277 g/mol. The Morgan fingerprint density at radius 1 is 1.42 bits per heavy atom. The normalized spacial score (nSPS) is 32.3. The predicted molar refractivity (Wildman–Crippen MR) is 69.1 cm³/mol. The van der Waals surface area contributed by atoms with Gasteiger partial charge in [-0.3, -0.25) is 4.79 Å². The maximum atomic E-state index is 13.1. The van der Waals surface area contributed by atoms with Crippen molar-refractivity contribution in [3.05, 3.63) is 0 Å². The van der Waals surface area contributed by atoms with Crippen LogP contribution in [0.2, 0.25) is 0 Å². The second kappa shape index (κ2) is 5.91. The van der Waals surface area contributed by atoms with Gasteiger partial charge in [-0.1, -0.05) is 6.42 Å². The molecule has 0 aromatic rings. The van der Waals surface area contributed by atoms with E-state index in [1.54, 1.807) is 11.8 Å². The third kappa shape index (κ3) is 3.18. The van der Waals surface area contributed by atoms with Crippen molar-refractivity contribution in [1.29, 1.82) is 0 Å². The molecule has 0 aromatic carbocycles. The van der Waals surface area contributed by atoms with Crippen molar-refractivity contribution in [2.75, 3.05) is 25.4 Å². The molecule has 7 heteroatoms. The fourth-order valence-electron chi connectivity index (χ4n) is 2.60. The predicted octanol–water partition coefficient (Wildman–Crippen LogP) is 1.93. The molecule has 3 nitrogen and oxygen atoms in total. The number of nitrogens with one attached hydrogen (secondary N) is 2. The first-order chi connectivity index (χ1) is 8.96. The van der Waals surface area contributed by atoms with Crippen LogP contribution in [0, 0.1) is 5.41 Å². The van der Waals surface area contributed by atoms with Crippen LogP contribution in [-0.2, 0) is 4.79 Å². The van der Waals surface area contributed by atoms with E-state index < -0.39 is 17.5 Å². The lowest BCUT2D eigenvalue weighted by molar-refractivity contribution is -0.216. The molecule has 110 valence electrons. The average molecular weight is 296 g/mol. The van der Waals surface area contributed by atoms with Gasteiger partial charge in [0, 0.05) is 18.3 Å². The van der Waals surface area contributed by atoms with Gasteiger partial charge in [-0.15, -0.1) is 0 Å². The molecule has 0 aromatic heterocycles. The van der Waals surface area contributed by atoms with Crippen LogP contribution in [0.25, 0.3) is 0 Å². The highest BCUT2D eigenvalue weighted by atomic mass is 32.2. The van der Waals surface area contributed by atoms with Gasteiger partial charge in [0.2, 0.25) is 5.91 Å². The molecule has 2 aliphatic heterocycles. The molecule has 2 atom stereocenters. The Balaban J connectivity index is 1.93. The van der Waals surface area contributed by atoms with E-state index in [2.05, 4.69) is 10.6 Å². The molecule has 0 spiro atoms. The summed E-state index contributed by atoms with van der Waals surface area (Å²) in [5, 5.41) is 5.44. The summed E-state index contributed by atoms with van der Waals surface area (Å²) in [6.45, 7) is 0.284. The lowest BCUT2D eigenvalue weighted by Gasteiger charge is -2.30. The quantitative estimate of drug-likeness (QED) is 0.836. The largest absolute Gasteiger partial charge is 0.404 e. The van der Waals surface area contributed by atoms with E-state index in [0.29, 0.717) is 6.54 Å². The van der Waals surface area contributed by atoms with E-state index in [1.165, 1.54) is 0 Å². The monoisotopic (exact) mass is 296 g/mol. The van der Waals surface area contributed by atoms with Crippen molar-refractivity contribution < 1.29 is 18.0 Å². The number of hydrogen-bond donors (Lipinski definition) is 2. The van der Waals surface area contributed by atoms with Gasteiger partial charge in [0.05, 0.1) is 0 Å². The van der Waals surface area contributed by atoms with Gasteiger partial charge in [-0.25, -0.2) is 0 Å². The number of rotatable bonds is 3. The topological polar surface area (TPSA) is 41.1 Å². The minimum absolute atomic E-state index is 0.167. The van der Waals surface area contributed by atoms with Crippen LogP contribution < -0.4 is 10.6 Å². The first-order valence-electron chi connectivity index (χ1n) is 6.63. The summed E-state index contributed by atoms with van der Waals surface area (Å²) in [7, 11) is 0. The van der Waals surface area contributed by atoms with Crippen LogP contribution in [0.15, 0.2) is 0 Å². The lowest BCUT2D eigenvalue weighted by Crippen LogP contribution is -2.53. The Morgan fingerprint density at radius 3 is 2.74 bits per heavy atom. The summed E-state index contributed by atoms with van der Waals surface area (Å²) in [5.41, 5.74) is -2.23. The van der Waals surface area contributed by atoms with E-state index >= 15 is 0 Å². The smallest absolute Gasteiger partial charge is 0.354 e. The standard InChI is InChI=1S/C12H19F3N2OS/c13-12(14,15)11(4-5-16-8-11)10(18)17-7-9-3-1-2-6-19-9/h9,16H,1-8H2,(H,17,18). The van der Waals surface area contributed by atoms with Crippen LogP contribution in [0.1, 0.15) is 25.7 Å². The summed E-state index contributed by atoms with van der Waals surface area (Å²) in [6, 6.07) is 0. The molecule has 2 saturated heterocycles. The van der Waals surface area contributed by atoms with Crippen LogP contribution in [0.4, 0.5) is 13.2 Å². The fraction of sp³-hybridized carbons (Fsp3) is 0.917. The lowest BCUT2D eigenvalue weighted by atomic mass is 9.85. The summed E-state index contributed by atoms with van der Waals surface area (Å²) in [4.78, 5) is 12.0. The van der Waals surface area contributed by atoms with Gasteiger partial charge in [0.25, 0.3) is 0 Å². The van der Waals surface area contributed by atoms with Gasteiger partial charge in [0.1, 0.15) is 0 Å². The van der Waals surface area contributed by atoms with E-state index in [4.69, 9.17) is 0 Å². The number of halogens is 3. The van der Waals surface area contributed by atoms with Crippen LogP contribution in [-0.4, -0.2) is 42.7 Å². The molecule has 1 amide bonds. The molecule has 2 rings (SSSR count). The first kappa shape index (κ1) is 15.0. The SMILES string of the molecule is O=C(NCC1CCCCS1)C1(C(F)(F)F)CCNC1. The zero-order chi connectivity index (χ0) is 13.9. The first-order valence-corrected chi connectivity index (χ1v) is 7.68. The van der Waals surface area contributed by atoms with Crippen molar-refractivity contribution in [2.24, 2.45) is 5.41 Å². The van der Waals surface area contributed by atoms with Gasteiger partial charge in [0.15, 0.2) is 5.41 Å². The Hall–Kier alpha value is -0.430. The Labute approximate surface area is 115 Å². The number of carbonyl (C=O) groups is 1. The number of carbonyl (C=O) groups excluding carboxylic acids is 1. The average Bonchev–Trinajstić information content (AvgIpc) is 2.87. The minimum Gasteiger partial charge on any atom is -0.354 e. The van der Waals surface area contributed by atoms with Gasteiger partial charge in [-0.05, 0) is 31.6 Å². The highest BCUT2D eigenvalue weighted by molar-refractivity contribution is 7.99. The second-order valence-corrected chi connectivity index (χ2v) is 6.61. The molecule has 2 heterocycles. The molecule has 2 N–H and O–H groups in total. The Bertz CT molecular complexity index is 323. The number of amides is 1. The van der Waals surface area contributed by atoms with E-state index in [1.807, 2.05) is 0 Å². The second-order valence-electron chi connectivity index (χ2n) is 5.21. The third-order valence-electron chi connectivity index (χ3n) is 3.90. The van der Waals surface area contributed by atoms with Crippen molar-refractivity contribution in [3.63, 3.8) is 0 Å². The maximum absolute atomic E-state index is 13.1. The Kier molecular flexibility index (Phi) is 4.66. The summed E-state index contributed by atoms with van der Waals surface area (Å²) in [6.07, 6.45) is -1.42. The van der Waals surface area contributed by atoms with Gasteiger partial charge < -0.3 is 10.6 Å². The third-order valence-corrected chi connectivity index (χ3v) is 5.30. The zero-order valence-electron chi connectivity index (χ0n) is 10.7. The van der Waals surface area contributed by atoms with Gasteiger partial charge >= 0.3 is 6.18 Å². The highest BCUT2D eigenvalue weighted by Crippen LogP contribution is 2.43. The summed E-state index contributed by atoms with van der Waals surface area (Å²) >= 11 is 1.74. The fourth-order valence-corrected chi connectivity index (χ4v) is 3.84. The van der Waals surface area contributed by atoms with Crippen LogP contribution in [0.5, 0.6) is 0 Å². The summed E-state index contributed by atoms with van der Waals surface area (Å²) in [5.74, 6) is 0.170. The van der Waals surface area contributed by atoms with Crippen molar-refractivity contribution >= 4 is 17.7 Å². The summed E-state index contributed by atoms with van der Waals surface area (Å²) < 4.78 is 39.4. The minimum atomic E-state index is -4.49. The van der Waals surface area contributed by atoms with Crippen LogP contribution >= 0.6 is 11.8 Å². The number of thioether (sulfide) groups is 1. The van der Waals surface area contributed by atoms with E-state index in [0.717, 1.165) is 25.0 Å². The van der Waals surface area contributed by atoms with Crippen molar-refractivity contribution in [1.82, 2.24) is 10.6 Å². The van der Waals surface area contributed by atoms with E-state index in [9.17, 15) is 18.0 Å². The Morgan fingerprint density at radius 2 is 2.21 bits per heavy atom. The van der Waals surface area contributed by atoms with Gasteiger partial charge in [-0.2, -0.15) is 24.9 Å². The zero-order valence-corrected chi connectivity index (χ0v) is 11.5. The highest BCUT2D eigenvalue weighted by Gasteiger charge is 2.61. The molecule has 0 aliphatic carbocycles. The number of alkyl halides is 3. The molecular formula is C12H19F3N2OS. The maximum Gasteiger partial charge on any atom is 0.404 e. The molecule has 2 aliphatic rings. The molecule has 2 unspecified atom stereocenters. The van der Waals surface area contributed by atoms with Crippen molar-refractivity contribution in [3.8, 4) is 0 Å². The molecule has 19 heavy (non-hydrogen) atoms. The van der Waals surface area contributed by atoms with E-state index in [-0.39, 0.29) is 24.8 Å². The molecule has 0 bridgehead atoms. The van der Waals surface area contributed by atoms with Crippen LogP contribution in [0.3, 0.4) is 0 Å². The molecule has 0 radical (unpaired) electrons. The number of hydrogen-bond acceptors (Lipinski definition) is 3.